The minimum atomic E-state index is -0.571. The molecule has 28 heavy (non-hydrogen) atoms. The van der Waals surface area contributed by atoms with E-state index < -0.39 is 11.4 Å². The summed E-state index contributed by atoms with van der Waals surface area (Å²) in [6.07, 6.45) is 12.2. The Labute approximate surface area is 166 Å². The van der Waals surface area contributed by atoms with Gasteiger partial charge in [0.15, 0.2) is 0 Å². The van der Waals surface area contributed by atoms with Crippen molar-refractivity contribution in [1.29, 1.82) is 0 Å². The SMILES string of the molecule is O=C(C=Cc1ccc(CNC2(C(=O)OC3CCCC3)CCCCC2)cc1)NO. The van der Waals surface area contributed by atoms with Gasteiger partial charge in [-0.2, -0.15) is 0 Å². The van der Waals surface area contributed by atoms with Crippen LogP contribution in [-0.4, -0.2) is 28.7 Å². The number of hydrogen-bond donors (Lipinski definition) is 3. The molecule has 1 amide bonds. The maximum Gasteiger partial charge on any atom is 0.326 e. The number of hydrogen-bond acceptors (Lipinski definition) is 5. The van der Waals surface area contributed by atoms with E-state index in [1.807, 2.05) is 24.3 Å². The van der Waals surface area contributed by atoms with Crippen molar-refractivity contribution in [2.75, 3.05) is 0 Å². The molecule has 2 saturated carbocycles. The van der Waals surface area contributed by atoms with E-state index in [0.29, 0.717) is 6.54 Å². The van der Waals surface area contributed by atoms with Crippen LogP contribution in [0, 0.1) is 0 Å². The largest absolute Gasteiger partial charge is 0.461 e. The minimum absolute atomic E-state index is 0.0753. The van der Waals surface area contributed by atoms with Crippen molar-refractivity contribution in [2.45, 2.75) is 76.0 Å². The van der Waals surface area contributed by atoms with Crippen LogP contribution in [0.15, 0.2) is 30.3 Å². The minimum Gasteiger partial charge on any atom is -0.461 e. The maximum absolute atomic E-state index is 13.0. The molecule has 0 atom stereocenters. The van der Waals surface area contributed by atoms with E-state index in [9.17, 15) is 9.59 Å². The summed E-state index contributed by atoms with van der Waals surface area (Å²) in [5.74, 6) is -0.639. The molecule has 0 spiro atoms. The first-order valence-corrected chi connectivity index (χ1v) is 10.3. The van der Waals surface area contributed by atoms with Gasteiger partial charge in [-0.1, -0.05) is 43.5 Å². The molecule has 2 aliphatic rings. The van der Waals surface area contributed by atoms with Crippen LogP contribution in [0.2, 0.25) is 0 Å². The first-order chi connectivity index (χ1) is 13.6. The predicted molar refractivity (Wildman–Crippen MR) is 106 cm³/mol. The van der Waals surface area contributed by atoms with E-state index in [1.54, 1.807) is 11.6 Å². The fourth-order valence-electron chi connectivity index (χ4n) is 4.11. The molecule has 6 heteroatoms. The van der Waals surface area contributed by atoms with Gasteiger partial charge in [0.25, 0.3) is 5.91 Å². The lowest BCUT2D eigenvalue weighted by molar-refractivity contribution is -0.158. The number of hydroxylamine groups is 1. The topological polar surface area (TPSA) is 87.7 Å². The number of esters is 1. The van der Waals surface area contributed by atoms with E-state index in [2.05, 4.69) is 5.32 Å². The maximum atomic E-state index is 13.0. The second-order valence-electron chi connectivity index (χ2n) is 7.86. The summed E-state index contributed by atoms with van der Waals surface area (Å²) in [4.78, 5) is 24.0. The van der Waals surface area contributed by atoms with Gasteiger partial charge in [0.1, 0.15) is 11.6 Å². The number of carbonyl (C=O) groups excluding carboxylic acids is 2. The average Bonchev–Trinajstić information content (AvgIpc) is 3.25. The summed E-state index contributed by atoms with van der Waals surface area (Å²) in [5, 5.41) is 12.0. The first-order valence-electron chi connectivity index (χ1n) is 10.3. The Morgan fingerprint density at radius 1 is 1.07 bits per heavy atom. The van der Waals surface area contributed by atoms with E-state index in [0.717, 1.165) is 62.5 Å². The highest BCUT2D eigenvalue weighted by atomic mass is 16.5. The molecule has 1 aromatic carbocycles. The van der Waals surface area contributed by atoms with Crippen molar-refractivity contribution >= 4 is 18.0 Å². The van der Waals surface area contributed by atoms with Gasteiger partial charge in [0.2, 0.25) is 0 Å². The van der Waals surface area contributed by atoms with Crippen molar-refractivity contribution in [2.24, 2.45) is 0 Å². The van der Waals surface area contributed by atoms with Crippen LogP contribution in [0.4, 0.5) is 0 Å². The highest BCUT2D eigenvalue weighted by molar-refractivity contribution is 5.90. The zero-order valence-corrected chi connectivity index (χ0v) is 16.3. The van der Waals surface area contributed by atoms with Gasteiger partial charge in [-0.3, -0.25) is 20.1 Å². The molecule has 3 rings (SSSR count). The summed E-state index contributed by atoms with van der Waals surface area (Å²) in [6.45, 7) is 0.598. The van der Waals surface area contributed by atoms with E-state index in [4.69, 9.17) is 9.94 Å². The van der Waals surface area contributed by atoms with Crippen LogP contribution in [-0.2, 0) is 20.9 Å². The molecule has 0 heterocycles. The normalized spacial score (nSPS) is 19.6. The van der Waals surface area contributed by atoms with Crippen molar-refractivity contribution in [3.8, 4) is 0 Å². The molecule has 152 valence electrons. The number of rotatable bonds is 7. The summed E-state index contributed by atoms with van der Waals surface area (Å²) in [5.41, 5.74) is 2.93. The van der Waals surface area contributed by atoms with Crippen molar-refractivity contribution in [3.05, 3.63) is 41.5 Å². The molecule has 0 aromatic heterocycles. The standard InChI is InChI=1S/C22H30N2O4/c25-20(24-27)13-12-17-8-10-18(11-9-17)16-23-22(14-4-1-5-15-22)21(26)28-19-6-2-3-7-19/h8-13,19,23,27H,1-7,14-16H2,(H,24,25). The Morgan fingerprint density at radius 3 is 2.39 bits per heavy atom. The quantitative estimate of drug-likeness (QED) is 0.289. The van der Waals surface area contributed by atoms with Crippen LogP contribution < -0.4 is 10.8 Å². The highest BCUT2D eigenvalue weighted by Gasteiger charge is 2.41. The van der Waals surface area contributed by atoms with Crippen molar-refractivity contribution in [1.82, 2.24) is 10.8 Å². The third-order valence-corrected chi connectivity index (χ3v) is 5.82. The Morgan fingerprint density at radius 2 is 1.75 bits per heavy atom. The number of amides is 1. The zero-order chi connectivity index (χ0) is 19.8. The second kappa shape index (κ2) is 9.85. The molecule has 3 N–H and O–H groups in total. The third kappa shape index (κ3) is 5.42. The third-order valence-electron chi connectivity index (χ3n) is 5.82. The molecular formula is C22H30N2O4. The lowest BCUT2D eigenvalue weighted by atomic mass is 9.81. The number of benzene rings is 1. The van der Waals surface area contributed by atoms with E-state index in [1.165, 1.54) is 12.5 Å². The van der Waals surface area contributed by atoms with Crippen LogP contribution in [0.25, 0.3) is 6.08 Å². The molecule has 0 radical (unpaired) electrons. The fraction of sp³-hybridized carbons (Fsp3) is 0.545. The molecule has 2 aliphatic carbocycles. The zero-order valence-electron chi connectivity index (χ0n) is 16.3. The lowest BCUT2D eigenvalue weighted by Crippen LogP contribution is -2.54. The molecule has 6 nitrogen and oxygen atoms in total. The fourth-order valence-corrected chi connectivity index (χ4v) is 4.11. The Balaban J connectivity index is 1.60. The predicted octanol–water partition coefficient (Wildman–Crippen LogP) is 3.48. The van der Waals surface area contributed by atoms with Gasteiger partial charge in [-0.15, -0.1) is 0 Å². The smallest absolute Gasteiger partial charge is 0.326 e. The van der Waals surface area contributed by atoms with Crippen molar-refractivity contribution < 1.29 is 19.5 Å². The molecule has 0 unspecified atom stereocenters. The lowest BCUT2D eigenvalue weighted by Gasteiger charge is -2.36. The van der Waals surface area contributed by atoms with Crippen LogP contribution in [0.1, 0.15) is 68.9 Å². The molecule has 1 aromatic rings. The Kier molecular flexibility index (Phi) is 7.23. The second-order valence-corrected chi connectivity index (χ2v) is 7.86. The van der Waals surface area contributed by atoms with E-state index >= 15 is 0 Å². The van der Waals surface area contributed by atoms with Gasteiger partial charge in [-0.05, 0) is 55.7 Å². The molecule has 0 saturated heterocycles. The van der Waals surface area contributed by atoms with Crippen LogP contribution >= 0.6 is 0 Å². The van der Waals surface area contributed by atoms with Gasteiger partial charge in [0, 0.05) is 12.6 Å². The highest BCUT2D eigenvalue weighted by Crippen LogP contribution is 2.32. The van der Waals surface area contributed by atoms with E-state index in [-0.39, 0.29) is 12.1 Å². The van der Waals surface area contributed by atoms with Gasteiger partial charge in [0.05, 0.1) is 0 Å². The van der Waals surface area contributed by atoms with Crippen LogP contribution in [0.5, 0.6) is 0 Å². The summed E-state index contributed by atoms with van der Waals surface area (Å²) in [6, 6.07) is 7.76. The Hall–Kier alpha value is -2.18. The first kappa shape index (κ1) is 20.6. The van der Waals surface area contributed by atoms with Gasteiger partial charge in [-0.25, -0.2) is 5.48 Å². The summed E-state index contributed by atoms with van der Waals surface area (Å²) in [7, 11) is 0. The molecular weight excluding hydrogens is 356 g/mol. The van der Waals surface area contributed by atoms with Crippen LogP contribution in [0.3, 0.4) is 0 Å². The molecule has 0 aliphatic heterocycles. The molecule has 0 bridgehead atoms. The monoisotopic (exact) mass is 386 g/mol. The molecule has 2 fully saturated rings. The number of nitrogens with one attached hydrogen (secondary N) is 2. The Bertz CT molecular complexity index is 687. The number of carbonyl (C=O) groups is 2. The summed E-state index contributed by atoms with van der Waals surface area (Å²) < 4.78 is 5.86. The number of ether oxygens (including phenoxy) is 1. The van der Waals surface area contributed by atoms with Gasteiger partial charge >= 0.3 is 5.97 Å². The average molecular weight is 386 g/mol. The van der Waals surface area contributed by atoms with Crippen molar-refractivity contribution in [3.63, 3.8) is 0 Å². The van der Waals surface area contributed by atoms with Gasteiger partial charge < -0.3 is 4.74 Å². The summed E-state index contributed by atoms with van der Waals surface area (Å²) >= 11 is 0.